The van der Waals surface area contributed by atoms with Gasteiger partial charge in [-0.05, 0) is 50.1 Å². The maximum Gasteiger partial charge on any atom is 0.178 e. The van der Waals surface area contributed by atoms with Gasteiger partial charge in [0.15, 0.2) is 12.0 Å². The molecule has 1 fully saturated rings. The van der Waals surface area contributed by atoms with Gasteiger partial charge in [0, 0.05) is 24.7 Å². The Labute approximate surface area is 201 Å². The Balaban J connectivity index is 1.72. The van der Waals surface area contributed by atoms with E-state index in [1.807, 2.05) is 56.3 Å². The van der Waals surface area contributed by atoms with Gasteiger partial charge in [0.1, 0.15) is 17.2 Å². The van der Waals surface area contributed by atoms with E-state index in [4.69, 9.17) is 23.5 Å². The van der Waals surface area contributed by atoms with E-state index >= 15 is 0 Å². The molecule has 0 bridgehead atoms. The Bertz CT molecular complexity index is 1040. The molecule has 7 heteroatoms. The van der Waals surface area contributed by atoms with E-state index in [1.165, 1.54) is 0 Å². The number of nitrogens with zero attached hydrogens (tertiary/aromatic N) is 2. The van der Waals surface area contributed by atoms with Crippen LogP contribution in [-0.2, 0) is 4.74 Å². The highest BCUT2D eigenvalue weighted by Gasteiger charge is 2.25. The maximum absolute atomic E-state index is 6.68. The standard InChI is InChI=1S/C27H34N2O5/c1-5-6-26(29-13-15-31-16-14-29)33-25-17-22(32-19(2)3)11-12-23(25)27-24(18-28-34-27)20-7-9-21(30-4)10-8-20/h7-12,17-19,26H,5-6,13-16H2,1-4H3. The summed E-state index contributed by atoms with van der Waals surface area (Å²) < 4.78 is 29.3. The molecule has 2 heterocycles. The first kappa shape index (κ1) is 24.1. The third-order valence-electron chi connectivity index (χ3n) is 5.79. The molecule has 0 N–H and O–H groups in total. The van der Waals surface area contributed by atoms with Crippen LogP contribution in [0.4, 0.5) is 0 Å². The van der Waals surface area contributed by atoms with Crippen LogP contribution in [0.2, 0.25) is 0 Å². The Morgan fingerprint density at radius 3 is 2.38 bits per heavy atom. The van der Waals surface area contributed by atoms with Crippen molar-refractivity contribution >= 4 is 0 Å². The van der Waals surface area contributed by atoms with Crippen molar-refractivity contribution in [1.29, 1.82) is 0 Å². The van der Waals surface area contributed by atoms with Gasteiger partial charge in [-0.15, -0.1) is 0 Å². The smallest absolute Gasteiger partial charge is 0.178 e. The van der Waals surface area contributed by atoms with Gasteiger partial charge in [-0.2, -0.15) is 0 Å². The third-order valence-corrected chi connectivity index (χ3v) is 5.79. The fourth-order valence-electron chi connectivity index (χ4n) is 4.12. The summed E-state index contributed by atoms with van der Waals surface area (Å²) in [7, 11) is 1.66. The van der Waals surface area contributed by atoms with Crippen LogP contribution in [0, 0.1) is 0 Å². The highest BCUT2D eigenvalue weighted by Crippen LogP contribution is 2.40. The predicted molar refractivity (Wildman–Crippen MR) is 131 cm³/mol. The summed E-state index contributed by atoms with van der Waals surface area (Å²) in [5, 5.41) is 4.11. The van der Waals surface area contributed by atoms with Crippen LogP contribution in [0.3, 0.4) is 0 Å². The number of hydrogen-bond acceptors (Lipinski definition) is 7. The molecule has 4 rings (SSSR count). The molecule has 1 atom stereocenters. The molecule has 182 valence electrons. The summed E-state index contributed by atoms with van der Waals surface area (Å²) in [5.41, 5.74) is 2.72. The minimum atomic E-state index is -0.0608. The molecule has 2 aromatic carbocycles. The first-order valence-corrected chi connectivity index (χ1v) is 12.0. The zero-order chi connectivity index (χ0) is 23.9. The van der Waals surface area contributed by atoms with Gasteiger partial charge in [0.05, 0.1) is 38.2 Å². The second kappa shape index (κ2) is 11.4. The predicted octanol–water partition coefficient (Wildman–Crippen LogP) is 5.64. The zero-order valence-electron chi connectivity index (χ0n) is 20.5. The molecule has 3 aromatic rings. The number of rotatable bonds is 10. The first-order chi connectivity index (χ1) is 16.6. The second-order valence-electron chi connectivity index (χ2n) is 8.63. The molecular formula is C27H34N2O5. The van der Waals surface area contributed by atoms with Crippen LogP contribution in [0.5, 0.6) is 17.2 Å². The van der Waals surface area contributed by atoms with Gasteiger partial charge in [-0.1, -0.05) is 30.6 Å². The molecule has 34 heavy (non-hydrogen) atoms. The van der Waals surface area contributed by atoms with Crippen LogP contribution in [-0.4, -0.2) is 55.8 Å². The molecule has 1 aromatic heterocycles. The van der Waals surface area contributed by atoms with Gasteiger partial charge < -0.3 is 23.5 Å². The molecule has 0 amide bonds. The highest BCUT2D eigenvalue weighted by atomic mass is 16.5. The zero-order valence-corrected chi connectivity index (χ0v) is 20.5. The van der Waals surface area contributed by atoms with Crippen molar-refractivity contribution < 1.29 is 23.5 Å². The molecular weight excluding hydrogens is 432 g/mol. The Morgan fingerprint density at radius 2 is 1.71 bits per heavy atom. The van der Waals surface area contributed by atoms with Crippen LogP contribution in [0.25, 0.3) is 22.5 Å². The molecule has 0 aliphatic carbocycles. The Morgan fingerprint density at radius 1 is 0.971 bits per heavy atom. The van der Waals surface area contributed by atoms with Crippen molar-refractivity contribution in [1.82, 2.24) is 10.1 Å². The summed E-state index contributed by atoms with van der Waals surface area (Å²) in [5.74, 6) is 2.94. The summed E-state index contributed by atoms with van der Waals surface area (Å²) in [6.07, 6.45) is 3.67. The van der Waals surface area contributed by atoms with E-state index in [1.54, 1.807) is 13.3 Å². The number of ether oxygens (including phenoxy) is 4. The molecule has 1 unspecified atom stereocenters. The van der Waals surface area contributed by atoms with Gasteiger partial charge in [0.25, 0.3) is 0 Å². The molecule has 7 nitrogen and oxygen atoms in total. The van der Waals surface area contributed by atoms with Gasteiger partial charge >= 0.3 is 0 Å². The van der Waals surface area contributed by atoms with E-state index in [2.05, 4.69) is 17.0 Å². The first-order valence-electron chi connectivity index (χ1n) is 12.0. The fraction of sp³-hybridized carbons (Fsp3) is 0.444. The normalized spacial score (nSPS) is 15.3. The van der Waals surface area contributed by atoms with Crippen LogP contribution >= 0.6 is 0 Å². The van der Waals surface area contributed by atoms with E-state index in [9.17, 15) is 0 Å². The lowest BCUT2D eigenvalue weighted by atomic mass is 10.0. The van der Waals surface area contributed by atoms with E-state index in [0.717, 1.165) is 73.1 Å². The van der Waals surface area contributed by atoms with Crippen LogP contribution in [0.1, 0.15) is 33.6 Å². The van der Waals surface area contributed by atoms with Crippen LogP contribution < -0.4 is 14.2 Å². The number of hydrogen-bond donors (Lipinski definition) is 0. The molecule has 0 spiro atoms. The minimum absolute atomic E-state index is 0.0597. The average Bonchev–Trinajstić information content (AvgIpc) is 3.34. The van der Waals surface area contributed by atoms with Crippen molar-refractivity contribution in [3.63, 3.8) is 0 Å². The Kier molecular flexibility index (Phi) is 8.08. The Hall–Kier alpha value is -3.03. The lowest BCUT2D eigenvalue weighted by molar-refractivity contribution is -0.0489. The molecule has 1 aliphatic rings. The monoisotopic (exact) mass is 466 g/mol. The molecule has 0 radical (unpaired) electrons. The SMILES string of the molecule is CCCC(Oc1cc(OC(C)C)ccc1-c1oncc1-c1ccc(OC)cc1)N1CCOCC1. The fourth-order valence-corrected chi connectivity index (χ4v) is 4.12. The topological polar surface area (TPSA) is 66.2 Å². The summed E-state index contributed by atoms with van der Waals surface area (Å²) in [6.45, 7) is 9.34. The van der Waals surface area contributed by atoms with Gasteiger partial charge in [-0.3, -0.25) is 4.90 Å². The van der Waals surface area contributed by atoms with Crippen molar-refractivity contribution in [2.45, 2.75) is 45.9 Å². The van der Waals surface area contributed by atoms with Gasteiger partial charge in [-0.25, -0.2) is 0 Å². The minimum Gasteiger partial charge on any atom is -0.497 e. The lowest BCUT2D eigenvalue weighted by Gasteiger charge is -2.34. The molecule has 1 aliphatic heterocycles. The summed E-state index contributed by atoms with van der Waals surface area (Å²) in [4.78, 5) is 2.34. The molecule has 0 saturated carbocycles. The number of benzene rings is 2. The quantitative estimate of drug-likeness (QED) is 0.383. The van der Waals surface area contributed by atoms with E-state index < -0.39 is 0 Å². The third kappa shape index (κ3) is 5.72. The maximum atomic E-state index is 6.68. The number of methoxy groups -OCH3 is 1. The van der Waals surface area contributed by atoms with Crippen LogP contribution in [0.15, 0.2) is 53.2 Å². The van der Waals surface area contributed by atoms with Crippen molar-refractivity contribution in [3.05, 3.63) is 48.7 Å². The highest BCUT2D eigenvalue weighted by molar-refractivity contribution is 5.82. The number of morpholine rings is 1. The lowest BCUT2D eigenvalue weighted by Crippen LogP contribution is -2.46. The van der Waals surface area contributed by atoms with Gasteiger partial charge in [0.2, 0.25) is 0 Å². The summed E-state index contributed by atoms with van der Waals surface area (Å²) in [6, 6.07) is 13.8. The second-order valence-corrected chi connectivity index (χ2v) is 8.63. The van der Waals surface area contributed by atoms with Crippen molar-refractivity contribution in [2.75, 3.05) is 33.4 Å². The largest absolute Gasteiger partial charge is 0.497 e. The summed E-state index contributed by atoms with van der Waals surface area (Å²) >= 11 is 0. The average molecular weight is 467 g/mol. The number of aromatic nitrogens is 1. The van der Waals surface area contributed by atoms with E-state index in [-0.39, 0.29) is 12.3 Å². The van der Waals surface area contributed by atoms with Crippen molar-refractivity contribution in [3.8, 4) is 39.7 Å². The van der Waals surface area contributed by atoms with Crippen molar-refractivity contribution in [2.24, 2.45) is 0 Å². The molecule has 1 saturated heterocycles. The van der Waals surface area contributed by atoms with E-state index in [0.29, 0.717) is 5.76 Å².